The molecule has 5 heteroatoms. The lowest BCUT2D eigenvalue weighted by Crippen LogP contribution is -2.18. The molecule has 0 bridgehead atoms. The van der Waals surface area contributed by atoms with Gasteiger partial charge in [0.25, 0.3) is 0 Å². The van der Waals surface area contributed by atoms with Gasteiger partial charge in [-0.15, -0.1) is 0 Å². The van der Waals surface area contributed by atoms with Gasteiger partial charge < -0.3 is 5.32 Å². The van der Waals surface area contributed by atoms with Gasteiger partial charge in [-0.2, -0.15) is 0 Å². The topological polar surface area (TPSA) is 69.6 Å². The molecule has 0 atom stereocenters. The highest BCUT2D eigenvalue weighted by Crippen LogP contribution is 2.07. The summed E-state index contributed by atoms with van der Waals surface area (Å²) in [6, 6.07) is 9.30. The third-order valence-corrected chi connectivity index (χ3v) is 2.47. The molecule has 0 unspecified atom stereocenters. The van der Waals surface area contributed by atoms with Gasteiger partial charge >= 0.3 is 0 Å². The number of hydroxylamine groups is 2. The average Bonchev–Trinajstić information content (AvgIpc) is 2.39. The van der Waals surface area contributed by atoms with Crippen molar-refractivity contribution in [3.8, 4) is 0 Å². The second kappa shape index (κ2) is 8.25. The Bertz CT molecular complexity index is 368. The normalized spacial score (nSPS) is 9.83. The fourth-order valence-electron chi connectivity index (χ4n) is 1.53. The minimum absolute atomic E-state index is 0.0163. The van der Waals surface area contributed by atoms with Crippen LogP contribution in [0.5, 0.6) is 0 Å². The lowest BCUT2D eigenvalue weighted by Gasteiger charge is -2.07. The molecule has 0 saturated carbocycles. The number of hydrogen-bond acceptors (Lipinski definition) is 3. The van der Waals surface area contributed by atoms with Crippen LogP contribution in [-0.4, -0.2) is 29.1 Å². The molecular weight excluding hydrogens is 232 g/mol. The monoisotopic (exact) mass is 250 g/mol. The number of nitrogens with zero attached hydrogens (tertiary/aromatic N) is 1. The summed E-state index contributed by atoms with van der Waals surface area (Å²) in [5.74, 6) is -0.0163. The molecule has 0 spiro atoms. The number of unbranched alkanes of at least 4 members (excludes halogenated alkanes) is 2. The van der Waals surface area contributed by atoms with Gasteiger partial charge in [0.1, 0.15) is 0 Å². The lowest BCUT2D eigenvalue weighted by molar-refractivity contribution is -0.149. The van der Waals surface area contributed by atoms with Crippen molar-refractivity contribution in [3.05, 3.63) is 30.3 Å². The number of amides is 2. The fraction of sp³-hybridized carbons (Fsp3) is 0.385. The van der Waals surface area contributed by atoms with Crippen LogP contribution in [0, 0.1) is 0 Å². The van der Waals surface area contributed by atoms with E-state index in [-0.39, 0.29) is 5.91 Å². The summed E-state index contributed by atoms with van der Waals surface area (Å²) in [6.07, 6.45) is 3.05. The van der Waals surface area contributed by atoms with E-state index in [1.807, 2.05) is 30.3 Å². The van der Waals surface area contributed by atoms with Crippen molar-refractivity contribution in [1.29, 1.82) is 0 Å². The number of para-hydroxylation sites is 1. The number of rotatable bonds is 8. The number of carbonyl (C=O) groups excluding carboxylic acids is 2. The second-order valence-electron chi connectivity index (χ2n) is 3.99. The molecule has 5 nitrogen and oxygen atoms in total. The van der Waals surface area contributed by atoms with Gasteiger partial charge in [-0.25, -0.2) is 5.06 Å². The van der Waals surface area contributed by atoms with E-state index in [2.05, 4.69) is 5.32 Å². The van der Waals surface area contributed by atoms with Crippen molar-refractivity contribution in [2.75, 3.05) is 11.9 Å². The Morgan fingerprint density at radius 3 is 2.61 bits per heavy atom. The maximum absolute atomic E-state index is 11.5. The first-order valence-corrected chi connectivity index (χ1v) is 5.98. The Morgan fingerprint density at radius 1 is 1.22 bits per heavy atom. The van der Waals surface area contributed by atoms with Crippen molar-refractivity contribution in [2.24, 2.45) is 0 Å². The Balaban J connectivity index is 2.09. The average molecular weight is 250 g/mol. The number of nitrogens with one attached hydrogen (secondary N) is 1. The number of carbonyl (C=O) groups is 2. The van der Waals surface area contributed by atoms with E-state index in [0.717, 1.165) is 18.5 Å². The van der Waals surface area contributed by atoms with Crippen LogP contribution >= 0.6 is 0 Å². The summed E-state index contributed by atoms with van der Waals surface area (Å²) in [7, 11) is 0. The first kappa shape index (κ1) is 14.2. The van der Waals surface area contributed by atoms with Crippen molar-refractivity contribution in [2.45, 2.75) is 25.7 Å². The third kappa shape index (κ3) is 6.00. The Kier molecular flexibility index (Phi) is 6.50. The molecule has 2 amide bonds. The highest BCUT2D eigenvalue weighted by molar-refractivity contribution is 5.90. The van der Waals surface area contributed by atoms with Crippen molar-refractivity contribution >= 4 is 18.0 Å². The lowest BCUT2D eigenvalue weighted by atomic mass is 10.2. The number of anilines is 1. The molecule has 18 heavy (non-hydrogen) atoms. The van der Waals surface area contributed by atoms with Crippen LogP contribution in [0.25, 0.3) is 0 Å². The van der Waals surface area contributed by atoms with Crippen LogP contribution < -0.4 is 5.32 Å². The summed E-state index contributed by atoms with van der Waals surface area (Å²) >= 11 is 0. The number of hydrogen-bond donors (Lipinski definition) is 2. The molecule has 2 N–H and O–H groups in total. The summed E-state index contributed by atoms with van der Waals surface area (Å²) in [4.78, 5) is 21.6. The van der Waals surface area contributed by atoms with Crippen LogP contribution in [0.4, 0.5) is 5.69 Å². The molecule has 98 valence electrons. The molecule has 0 aliphatic rings. The third-order valence-electron chi connectivity index (χ3n) is 2.47. The molecule has 0 aliphatic heterocycles. The zero-order valence-corrected chi connectivity index (χ0v) is 10.2. The minimum Gasteiger partial charge on any atom is -0.326 e. The molecule has 1 aromatic carbocycles. The molecule has 0 aliphatic carbocycles. The van der Waals surface area contributed by atoms with Crippen LogP contribution in [0.1, 0.15) is 25.7 Å². The number of benzene rings is 1. The fourth-order valence-corrected chi connectivity index (χ4v) is 1.53. The minimum atomic E-state index is -0.0163. The van der Waals surface area contributed by atoms with Crippen molar-refractivity contribution in [1.82, 2.24) is 5.06 Å². The smallest absolute Gasteiger partial charge is 0.233 e. The van der Waals surface area contributed by atoms with E-state index in [1.54, 1.807) is 0 Å². The van der Waals surface area contributed by atoms with E-state index in [4.69, 9.17) is 5.21 Å². The molecule has 0 heterocycles. The van der Waals surface area contributed by atoms with Crippen LogP contribution in [0.2, 0.25) is 0 Å². The van der Waals surface area contributed by atoms with Crippen LogP contribution in [-0.2, 0) is 9.59 Å². The van der Waals surface area contributed by atoms with Gasteiger partial charge in [0, 0.05) is 18.7 Å². The molecule has 1 rings (SSSR count). The Labute approximate surface area is 106 Å². The first-order valence-electron chi connectivity index (χ1n) is 5.98. The highest BCUT2D eigenvalue weighted by atomic mass is 16.5. The van der Waals surface area contributed by atoms with Crippen molar-refractivity contribution < 1.29 is 14.8 Å². The standard InChI is InChI=1S/C13H18N2O3/c16-11-15(18)10-6-2-5-9-13(17)14-12-7-3-1-4-8-12/h1,3-4,7-8,11,18H,2,5-6,9-10H2,(H,14,17). The van der Waals surface area contributed by atoms with Gasteiger partial charge in [-0.05, 0) is 25.0 Å². The molecular formula is C13H18N2O3. The quantitative estimate of drug-likeness (QED) is 0.321. The maximum Gasteiger partial charge on any atom is 0.233 e. The van der Waals surface area contributed by atoms with Gasteiger partial charge in [0.15, 0.2) is 0 Å². The molecule has 0 radical (unpaired) electrons. The maximum atomic E-state index is 11.5. The van der Waals surface area contributed by atoms with E-state index < -0.39 is 0 Å². The van der Waals surface area contributed by atoms with Crippen LogP contribution in [0.15, 0.2) is 30.3 Å². The van der Waals surface area contributed by atoms with Crippen molar-refractivity contribution in [3.63, 3.8) is 0 Å². The summed E-state index contributed by atoms with van der Waals surface area (Å²) < 4.78 is 0. The SMILES string of the molecule is O=CN(O)CCCCCC(=O)Nc1ccccc1. The van der Waals surface area contributed by atoms with E-state index in [0.29, 0.717) is 30.9 Å². The second-order valence-corrected chi connectivity index (χ2v) is 3.99. The first-order chi connectivity index (χ1) is 8.72. The summed E-state index contributed by atoms with van der Waals surface area (Å²) in [5, 5.41) is 12.3. The molecule has 0 fully saturated rings. The Morgan fingerprint density at radius 2 is 1.94 bits per heavy atom. The molecule has 1 aromatic rings. The Hall–Kier alpha value is -1.88. The van der Waals surface area contributed by atoms with E-state index in [1.165, 1.54) is 0 Å². The molecule has 0 aromatic heterocycles. The summed E-state index contributed by atoms with van der Waals surface area (Å²) in [5.41, 5.74) is 0.796. The van der Waals surface area contributed by atoms with Gasteiger partial charge in [-0.1, -0.05) is 24.6 Å². The van der Waals surface area contributed by atoms with E-state index >= 15 is 0 Å². The zero-order chi connectivity index (χ0) is 13.2. The molecule has 0 saturated heterocycles. The zero-order valence-electron chi connectivity index (χ0n) is 10.2. The van der Waals surface area contributed by atoms with Crippen LogP contribution in [0.3, 0.4) is 0 Å². The predicted molar refractivity (Wildman–Crippen MR) is 68.1 cm³/mol. The summed E-state index contributed by atoms with van der Waals surface area (Å²) in [6.45, 7) is 0.309. The van der Waals surface area contributed by atoms with E-state index in [9.17, 15) is 9.59 Å². The predicted octanol–water partition coefficient (Wildman–Crippen LogP) is 2.03. The van der Waals surface area contributed by atoms with Gasteiger partial charge in [0.05, 0.1) is 0 Å². The van der Waals surface area contributed by atoms with Gasteiger partial charge in [-0.3, -0.25) is 14.8 Å². The highest BCUT2D eigenvalue weighted by Gasteiger charge is 2.02. The van der Waals surface area contributed by atoms with Gasteiger partial charge in [0.2, 0.25) is 12.3 Å². The largest absolute Gasteiger partial charge is 0.326 e.